The highest BCUT2D eigenvalue weighted by Crippen LogP contribution is 2.35. The molecule has 0 radical (unpaired) electrons. The fourth-order valence-corrected chi connectivity index (χ4v) is 5.49. The Labute approximate surface area is 154 Å². The average molecular weight is 389 g/mol. The standard InChI is InChI=1S/C18H15NO5S2/c1-18(2)23-13-8-5-6-11(15(13)16(20)24-18)10-26(21,22)17-19-12-7-3-4-9-14(12)25-17/h3-9H,10H2,1-2H3. The molecule has 26 heavy (non-hydrogen) atoms. The molecule has 0 saturated heterocycles. The molecule has 134 valence electrons. The summed E-state index contributed by atoms with van der Waals surface area (Å²) in [6, 6.07) is 12.1. The minimum atomic E-state index is -3.72. The molecule has 1 aliphatic heterocycles. The molecule has 4 rings (SSSR count). The molecule has 0 N–H and O–H groups in total. The summed E-state index contributed by atoms with van der Waals surface area (Å²) in [4.78, 5) is 16.6. The molecule has 0 fully saturated rings. The van der Waals surface area contributed by atoms with Crippen LogP contribution in [0.2, 0.25) is 0 Å². The van der Waals surface area contributed by atoms with Crippen molar-refractivity contribution in [3.05, 3.63) is 53.6 Å². The molecule has 6 nitrogen and oxygen atoms in total. The van der Waals surface area contributed by atoms with Crippen molar-refractivity contribution in [2.45, 2.75) is 29.7 Å². The van der Waals surface area contributed by atoms with Gasteiger partial charge in [-0.1, -0.05) is 24.3 Å². The summed E-state index contributed by atoms with van der Waals surface area (Å²) < 4.78 is 37.4. The summed E-state index contributed by atoms with van der Waals surface area (Å²) in [5.41, 5.74) is 1.12. The first-order chi connectivity index (χ1) is 12.3. The first-order valence-electron chi connectivity index (χ1n) is 7.88. The van der Waals surface area contributed by atoms with E-state index in [-0.39, 0.29) is 15.7 Å². The van der Waals surface area contributed by atoms with Gasteiger partial charge in [0.15, 0.2) is 0 Å². The van der Waals surface area contributed by atoms with Crippen LogP contribution < -0.4 is 4.74 Å². The molecule has 8 heteroatoms. The van der Waals surface area contributed by atoms with Gasteiger partial charge in [-0.25, -0.2) is 18.2 Å². The first-order valence-corrected chi connectivity index (χ1v) is 10.3. The van der Waals surface area contributed by atoms with Crippen molar-refractivity contribution in [1.29, 1.82) is 0 Å². The van der Waals surface area contributed by atoms with E-state index >= 15 is 0 Å². The Hall–Kier alpha value is -2.45. The molecule has 2 heterocycles. The summed E-state index contributed by atoms with van der Waals surface area (Å²) in [5.74, 6) is -1.71. The molecule has 0 aliphatic carbocycles. The van der Waals surface area contributed by atoms with Crippen LogP contribution in [-0.2, 0) is 20.3 Å². The molecule has 0 spiro atoms. The number of benzene rings is 2. The molecular formula is C18H15NO5S2. The molecular weight excluding hydrogens is 374 g/mol. The van der Waals surface area contributed by atoms with Crippen LogP contribution in [0.3, 0.4) is 0 Å². The fourth-order valence-electron chi connectivity index (χ4n) is 2.82. The van der Waals surface area contributed by atoms with Crippen LogP contribution in [0, 0.1) is 0 Å². The number of hydrogen-bond acceptors (Lipinski definition) is 7. The van der Waals surface area contributed by atoms with E-state index in [1.54, 1.807) is 44.2 Å². The number of thiazole rings is 1. The van der Waals surface area contributed by atoms with E-state index in [4.69, 9.17) is 9.47 Å². The highest BCUT2D eigenvalue weighted by molar-refractivity contribution is 7.92. The number of cyclic esters (lactones) is 1. The van der Waals surface area contributed by atoms with E-state index in [0.29, 0.717) is 16.8 Å². The lowest BCUT2D eigenvalue weighted by Gasteiger charge is -2.32. The third kappa shape index (κ3) is 2.95. The van der Waals surface area contributed by atoms with Gasteiger partial charge in [0.25, 0.3) is 0 Å². The van der Waals surface area contributed by atoms with Gasteiger partial charge in [-0.2, -0.15) is 0 Å². The maximum absolute atomic E-state index is 12.8. The maximum Gasteiger partial charge on any atom is 0.345 e. The zero-order valence-corrected chi connectivity index (χ0v) is 15.7. The van der Waals surface area contributed by atoms with E-state index < -0.39 is 21.6 Å². The molecule has 1 aliphatic rings. The number of esters is 1. The number of fused-ring (bicyclic) bond motifs is 2. The van der Waals surface area contributed by atoms with Crippen LogP contribution in [0.15, 0.2) is 46.8 Å². The van der Waals surface area contributed by atoms with Gasteiger partial charge in [0, 0.05) is 13.8 Å². The predicted molar refractivity (Wildman–Crippen MR) is 97.1 cm³/mol. The van der Waals surface area contributed by atoms with E-state index in [1.165, 1.54) is 0 Å². The SMILES string of the molecule is CC1(C)OC(=O)c2c(CS(=O)(=O)c3nc4ccccc4s3)cccc2O1. The quantitative estimate of drug-likeness (QED) is 0.637. The molecule has 0 unspecified atom stereocenters. The minimum absolute atomic E-state index is 0.0294. The lowest BCUT2D eigenvalue weighted by molar-refractivity contribution is -0.127. The zero-order valence-electron chi connectivity index (χ0n) is 14.1. The number of ether oxygens (including phenoxy) is 2. The molecule has 0 saturated carbocycles. The number of hydrogen-bond donors (Lipinski definition) is 0. The van der Waals surface area contributed by atoms with Gasteiger partial charge in [-0.05, 0) is 23.8 Å². The van der Waals surface area contributed by atoms with Crippen LogP contribution in [0.1, 0.15) is 29.8 Å². The highest BCUT2D eigenvalue weighted by Gasteiger charge is 2.36. The average Bonchev–Trinajstić information content (AvgIpc) is 2.98. The fraction of sp³-hybridized carbons (Fsp3) is 0.222. The van der Waals surface area contributed by atoms with E-state index in [0.717, 1.165) is 16.0 Å². The molecule has 0 amide bonds. The highest BCUT2D eigenvalue weighted by atomic mass is 32.2. The van der Waals surface area contributed by atoms with Gasteiger partial charge in [0.1, 0.15) is 11.3 Å². The Balaban J connectivity index is 1.75. The van der Waals surface area contributed by atoms with Gasteiger partial charge in [0.05, 0.1) is 16.0 Å². The Morgan fingerprint density at radius 3 is 2.62 bits per heavy atom. The van der Waals surface area contributed by atoms with Gasteiger partial charge in [-0.15, -0.1) is 11.3 Å². The Morgan fingerprint density at radius 2 is 1.85 bits per heavy atom. The molecule has 0 bridgehead atoms. The number of para-hydroxylation sites is 1. The van der Waals surface area contributed by atoms with Crippen molar-refractivity contribution >= 4 is 37.4 Å². The monoisotopic (exact) mass is 389 g/mol. The second kappa shape index (κ2) is 5.78. The first kappa shape index (κ1) is 17.0. The van der Waals surface area contributed by atoms with Gasteiger partial charge >= 0.3 is 5.97 Å². The van der Waals surface area contributed by atoms with Crippen molar-refractivity contribution in [2.24, 2.45) is 0 Å². The topological polar surface area (TPSA) is 82.6 Å². The van der Waals surface area contributed by atoms with E-state index in [9.17, 15) is 13.2 Å². The number of aromatic nitrogens is 1. The van der Waals surface area contributed by atoms with Crippen molar-refractivity contribution < 1.29 is 22.7 Å². The van der Waals surface area contributed by atoms with E-state index in [1.807, 2.05) is 12.1 Å². The minimum Gasteiger partial charge on any atom is -0.452 e. The van der Waals surface area contributed by atoms with Crippen molar-refractivity contribution in [1.82, 2.24) is 4.98 Å². The molecule has 1 aromatic heterocycles. The molecule has 0 atom stereocenters. The second-order valence-electron chi connectivity index (χ2n) is 6.39. The number of rotatable bonds is 3. The third-order valence-corrected chi connectivity index (χ3v) is 7.05. The van der Waals surface area contributed by atoms with Crippen molar-refractivity contribution in [3.8, 4) is 5.75 Å². The van der Waals surface area contributed by atoms with Gasteiger partial charge in [-0.3, -0.25) is 0 Å². The van der Waals surface area contributed by atoms with Crippen LogP contribution in [0.25, 0.3) is 10.2 Å². The van der Waals surface area contributed by atoms with Crippen molar-refractivity contribution in [3.63, 3.8) is 0 Å². The summed E-state index contributed by atoms with van der Waals surface area (Å²) in [6.45, 7) is 3.25. The summed E-state index contributed by atoms with van der Waals surface area (Å²) in [5, 5.41) is 0. The summed E-state index contributed by atoms with van der Waals surface area (Å²) >= 11 is 1.11. The normalized spacial score (nSPS) is 16.0. The van der Waals surface area contributed by atoms with Crippen LogP contribution >= 0.6 is 11.3 Å². The maximum atomic E-state index is 12.8. The third-order valence-electron chi connectivity index (χ3n) is 3.90. The van der Waals surface area contributed by atoms with Gasteiger partial charge < -0.3 is 9.47 Å². The van der Waals surface area contributed by atoms with Crippen LogP contribution in [-0.4, -0.2) is 25.2 Å². The predicted octanol–water partition coefficient (Wildman–Crippen LogP) is 3.56. The Kier molecular flexibility index (Phi) is 3.78. The number of sulfone groups is 1. The lowest BCUT2D eigenvalue weighted by Crippen LogP contribution is -2.39. The second-order valence-corrected chi connectivity index (χ2v) is 9.58. The lowest BCUT2D eigenvalue weighted by atomic mass is 10.1. The summed E-state index contributed by atoms with van der Waals surface area (Å²) in [6.07, 6.45) is 0. The summed E-state index contributed by atoms with van der Waals surface area (Å²) in [7, 11) is -3.72. The van der Waals surface area contributed by atoms with Crippen molar-refractivity contribution in [2.75, 3.05) is 0 Å². The Bertz CT molecular complexity index is 1100. The molecule has 2 aromatic carbocycles. The smallest absolute Gasteiger partial charge is 0.345 e. The largest absolute Gasteiger partial charge is 0.452 e. The number of carbonyl (C=O) groups excluding carboxylic acids is 1. The van der Waals surface area contributed by atoms with E-state index in [2.05, 4.69) is 4.98 Å². The Morgan fingerprint density at radius 1 is 1.08 bits per heavy atom. The van der Waals surface area contributed by atoms with Crippen LogP contribution in [0.5, 0.6) is 5.75 Å². The molecule has 3 aromatic rings. The zero-order chi connectivity index (χ0) is 18.5. The van der Waals surface area contributed by atoms with Crippen LogP contribution in [0.4, 0.5) is 0 Å². The number of carbonyl (C=O) groups is 1. The van der Waals surface area contributed by atoms with Gasteiger partial charge in [0.2, 0.25) is 20.0 Å². The number of nitrogens with zero attached hydrogens (tertiary/aromatic N) is 1.